The number of rotatable bonds is 6. The molecule has 1 aromatic heterocycles. The minimum absolute atomic E-state index is 0.242. The molecule has 0 N–H and O–H groups in total. The summed E-state index contributed by atoms with van der Waals surface area (Å²) < 4.78 is 1.81. The van der Waals surface area contributed by atoms with Gasteiger partial charge in [0, 0.05) is 18.8 Å². The monoisotopic (exact) mass is 256 g/mol. The van der Waals surface area contributed by atoms with Crippen LogP contribution in [-0.4, -0.2) is 15.3 Å². The number of ketones is 1. The van der Waals surface area contributed by atoms with Crippen LogP contribution in [0.5, 0.6) is 0 Å². The van der Waals surface area contributed by atoms with Gasteiger partial charge in [0.25, 0.3) is 0 Å². The fourth-order valence-electron chi connectivity index (χ4n) is 2.02. The summed E-state index contributed by atoms with van der Waals surface area (Å²) in [6.07, 6.45) is 6.58. The lowest BCUT2D eigenvalue weighted by atomic mass is 10.00. The van der Waals surface area contributed by atoms with Crippen LogP contribution in [-0.2, 0) is 17.8 Å². The molecule has 0 radical (unpaired) electrons. The molecular weight excluding hydrogens is 236 g/mol. The maximum absolute atomic E-state index is 11.8. The predicted molar refractivity (Wildman–Crippen MR) is 76.1 cm³/mol. The minimum atomic E-state index is 0.242. The van der Waals surface area contributed by atoms with Gasteiger partial charge in [-0.15, -0.1) is 0 Å². The molecule has 2 rings (SSSR count). The van der Waals surface area contributed by atoms with Crippen molar-refractivity contribution in [1.82, 2.24) is 9.55 Å². The van der Waals surface area contributed by atoms with Crippen LogP contribution in [0.2, 0.25) is 0 Å². The highest BCUT2D eigenvalue weighted by Crippen LogP contribution is 2.15. The number of nitrogens with zero attached hydrogens (tertiary/aromatic N) is 2. The zero-order valence-corrected chi connectivity index (χ0v) is 11.5. The Morgan fingerprint density at radius 3 is 2.58 bits per heavy atom. The van der Waals surface area contributed by atoms with Crippen molar-refractivity contribution in [3.8, 4) is 0 Å². The van der Waals surface area contributed by atoms with Crippen LogP contribution in [0.15, 0.2) is 43.0 Å². The van der Waals surface area contributed by atoms with Crippen LogP contribution in [0.3, 0.4) is 0 Å². The molecule has 0 bridgehead atoms. The molecule has 1 heterocycles. The van der Waals surface area contributed by atoms with E-state index in [1.165, 1.54) is 11.1 Å². The zero-order valence-electron chi connectivity index (χ0n) is 11.5. The minimum Gasteiger partial charge on any atom is -0.330 e. The smallest absolute Gasteiger partial charge is 0.152 e. The van der Waals surface area contributed by atoms with E-state index < -0.39 is 0 Å². The SMILES string of the molecule is CC(C)c1ccc(CCC(=O)Cn2ccnc2)cc1. The highest BCUT2D eigenvalue weighted by Gasteiger charge is 2.04. The molecule has 3 nitrogen and oxygen atoms in total. The van der Waals surface area contributed by atoms with Crippen molar-refractivity contribution in [2.45, 2.75) is 39.2 Å². The molecule has 0 saturated carbocycles. The summed E-state index contributed by atoms with van der Waals surface area (Å²) in [7, 11) is 0. The second-order valence-corrected chi connectivity index (χ2v) is 5.17. The van der Waals surface area contributed by atoms with Gasteiger partial charge < -0.3 is 4.57 Å². The molecule has 0 spiro atoms. The fraction of sp³-hybridized carbons (Fsp3) is 0.375. The predicted octanol–water partition coefficient (Wildman–Crippen LogP) is 3.21. The van der Waals surface area contributed by atoms with Gasteiger partial charge in [-0.3, -0.25) is 4.79 Å². The zero-order chi connectivity index (χ0) is 13.7. The first-order chi connectivity index (χ1) is 9.15. The Kier molecular flexibility index (Phi) is 4.50. The third-order valence-electron chi connectivity index (χ3n) is 3.26. The lowest BCUT2D eigenvalue weighted by molar-refractivity contribution is -0.119. The second kappa shape index (κ2) is 6.32. The van der Waals surface area contributed by atoms with Gasteiger partial charge in [0.05, 0.1) is 12.9 Å². The molecule has 0 aliphatic heterocycles. The molecule has 2 aromatic rings. The van der Waals surface area contributed by atoms with E-state index in [9.17, 15) is 4.79 Å². The van der Waals surface area contributed by atoms with Gasteiger partial charge in [0.1, 0.15) is 0 Å². The third-order valence-corrected chi connectivity index (χ3v) is 3.26. The highest BCUT2D eigenvalue weighted by atomic mass is 16.1. The van der Waals surface area contributed by atoms with E-state index >= 15 is 0 Å². The van der Waals surface area contributed by atoms with E-state index in [0.29, 0.717) is 18.9 Å². The second-order valence-electron chi connectivity index (χ2n) is 5.17. The molecule has 0 unspecified atom stereocenters. The van der Waals surface area contributed by atoms with Crippen LogP contribution < -0.4 is 0 Å². The first-order valence-corrected chi connectivity index (χ1v) is 6.71. The molecule has 1 aromatic carbocycles. The summed E-state index contributed by atoms with van der Waals surface area (Å²) in [4.78, 5) is 15.7. The third kappa shape index (κ3) is 4.05. The maximum atomic E-state index is 11.8. The molecule has 3 heteroatoms. The van der Waals surface area contributed by atoms with E-state index in [4.69, 9.17) is 0 Å². The van der Waals surface area contributed by atoms with Crippen LogP contribution in [0.25, 0.3) is 0 Å². The van der Waals surface area contributed by atoms with E-state index in [1.54, 1.807) is 12.5 Å². The number of Topliss-reactive ketones (excluding diaryl/α,β-unsaturated/α-hetero) is 1. The normalized spacial score (nSPS) is 10.9. The molecule has 0 aliphatic carbocycles. The fourth-order valence-corrected chi connectivity index (χ4v) is 2.02. The van der Waals surface area contributed by atoms with Crippen LogP contribution in [0.4, 0.5) is 0 Å². The van der Waals surface area contributed by atoms with E-state index in [1.807, 2.05) is 10.8 Å². The van der Waals surface area contributed by atoms with Gasteiger partial charge in [0.2, 0.25) is 0 Å². The van der Waals surface area contributed by atoms with Gasteiger partial charge in [-0.05, 0) is 23.5 Å². The number of hydrogen-bond acceptors (Lipinski definition) is 2. The van der Waals surface area contributed by atoms with Crippen LogP contribution >= 0.6 is 0 Å². The molecule has 19 heavy (non-hydrogen) atoms. The lowest BCUT2D eigenvalue weighted by Gasteiger charge is -2.07. The van der Waals surface area contributed by atoms with Gasteiger partial charge in [-0.2, -0.15) is 0 Å². The van der Waals surface area contributed by atoms with Crippen molar-refractivity contribution < 1.29 is 4.79 Å². The molecule has 0 saturated heterocycles. The standard InChI is InChI=1S/C16H20N2O/c1-13(2)15-6-3-14(4-7-15)5-8-16(19)11-18-10-9-17-12-18/h3-4,6-7,9-10,12-13H,5,8,11H2,1-2H3. The number of carbonyl (C=O) groups excluding carboxylic acids is 1. The lowest BCUT2D eigenvalue weighted by Crippen LogP contribution is -2.09. The number of hydrogen-bond donors (Lipinski definition) is 0. The number of aryl methyl sites for hydroxylation is 1. The van der Waals surface area contributed by atoms with Gasteiger partial charge in [-0.1, -0.05) is 38.1 Å². The van der Waals surface area contributed by atoms with Gasteiger partial charge >= 0.3 is 0 Å². The van der Waals surface area contributed by atoms with Crippen molar-refractivity contribution in [2.75, 3.05) is 0 Å². The quantitative estimate of drug-likeness (QED) is 0.795. The summed E-state index contributed by atoms with van der Waals surface area (Å²) in [5, 5.41) is 0. The molecule has 0 aliphatic rings. The largest absolute Gasteiger partial charge is 0.330 e. The summed E-state index contributed by atoms with van der Waals surface area (Å²) in [6.45, 7) is 4.79. The Morgan fingerprint density at radius 1 is 1.26 bits per heavy atom. The summed E-state index contributed by atoms with van der Waals surface area (Å²) in [5.41, 5.74) is 2.57. The average Bonchev–Trinajstić information content (AvgIpc) is 2.89. The molecule has 0 atom stereocenters. The van der Waals surface area contributed by atoms with Crippen molar-refractivity contribution >= 4 is 5.78 Å². The van der Waals surface area contributed by atoms with Crippen molar-refractivity contribution in [1.29, 1.82) is 0 Å². The Bertz CT molecular complexity index is 512. The first-order valence-electron chi connectivity index (χ1n) is 6.71. The number of carbonyl (C=O) groups is 1. The van der Waals surface area contributed by atoms with Gasteiger partial charge in [0.15, 0.2) is 5.78 Å². The molecule has 100 valence electrons. The first kappa shape index (κ1) is 13.5. The summed E-state index contributed by atoms with van der Waals surface area (Å²) in [6, 6.07) is 8.56. The number of aromatic nitrogens is 2. The summed E-state index contributed by atoms with van der Waals surface area (Å²) >= 11 is 0. The van der Waals surface area contributed by atoms with Gasteiger partial charge in [-0.25, -0.2) is 4.98 Å². The van der Waals surface area contributed by atoms with E-state index in [2.05, 4.69) is 43.1 Å². The van der Waals surface area contributed by atoms with E-state index in [0.717, 1.165) is 6.42 Å². The summed E-state index contributed by atoms with van der Waals surface area (Å²) in [5.74, 6) is 0.794. The maximum Gasteiger partial charge on any atom is 0.152 e. The average molecular weight is 256 g/mol. The topological polar surface area (TPSA) is 34.9 Å². The Labute approximate surface area is 114 Å². The van der Waals surface area contributed by atoms with Crippen molar-refractivity contribution in [2.24, 2.45) is 0 Å². The Hall–Kier alpha value is -1.90. The van der Waals surface area contributed by atoms with E-state index in [-0.39, 0.29) is 5.78 Å². The molecule has 0 amide bonds. The number of imidazole rings is 1. The highest BCUT2D eigenvalue weighted by molar-refractivity contribution is 5.78. The molecular formula is C16H20N2O. The van der Waals surface area contributed by atoms with Crippen LogP contribution in [0.1, 0.15) is 37.3 Å². The number of benzene rings is 1. The Balaban J connectivity index is 1.83. The molecule has 0 fully saturated rings. The Morgan fingerprint density at radius 2 is 2.00 bits per heavy atom. The van der Waals surface area contributed by atoms with Crippen molar-refractivity contribution in [3.05, 3.63) is 54.1 Å². The van der Waals surface area contributed by atoms with Crippen molar-refractivity contribution in [3.63, 3.8) is 0 Å². The van der Waals surface area contributed by atoms with Crippen LogP contribution in [0, 0.1) is 0 Å².